The predicted molar refractivity (Wildman–Crippen MR) is 94.6 cm³/mol. The van der Waals surface area contributed by atoms with Crippen LogP contribution < -0.4 is 5.32 Å². The molecule has 7 nitrogen and oxygen atoms in total. The van der Waals surface area contributed by atoms with Crippen LogP contribution in [0.4, 0.5) is 11.4 Å². The van der Waals surface area contributed by atoms with Crippen LogP contribution in [-0.4, -0.2) is 40.9 Å². The molecule has 2 rings (SSSR count). The van der Waals surface area contributed by atoms with E-state index in [-0.39, 0.29) is 16.2 Å². The Morgan fingerprint density at radius 2 is 2.08 bits per heavy atom. The van der Waals surface area contributed by atoms with Crippen LogP contribution in [0.2, 0.25) is 0 Å². The Balaban J connectivity index is 2.21. The summed E-state index contributed by atoms with van der Waals surface area (Å²) in [6.45, 7) is 1.90. The van der Waals surface area contributed by atoms with Gasteiger partial charge in [0.15, 0.2) is 9.84 Å². The summed E-state index contributed by atoms with van der Waals surface area (Å²) in [5.74, 6) is 0.632. The molecule has 3 unspecified atom stereocenters. The maximum atomic E-state index is 12.0. The Morgan fingerprint density at radius 1 is 1.38 bits per heavy atom. The van der Waals surface area contributed by atoms with Crippen molar-refractivity contribution in [1.29, 1.82) is 0 Å². The average Bonchev–Trinajstić information content (AvgIpc) is 2.53. The molecular formula is C15H22N2O5S2. The van der Waals surface area contributed by atoms with E-state index in [1.807, 2.05) is 6.92 Å². The van der Waals surface area contributed by atoms with Crippen LogP contribution in [0, 0.1) is 10.1 Å². The van der Waals surface area contributed by atoms with Crippen molar-refractivity contribution in [3.05, 3.63) is 28.3 Å². The molecule has 0 radical (unpaired) electrons. The van der Waals surface area contributed by atoms with Crippen molar-refractivity contribution in [2.45, 2.75) is 48.8 Å². The molecule has 0 aromatic heterocycles. The quantitative estimate of drug-likeness (QED) is 0.605. The molecule has 9 heteroatoms. The number of nitrogens with one attached hydrogen (secondary N) is 1. The highest BCUT2D eigenvalue weighted by Gasteiger charge is 2.27. The van der Waals surface area contributed by atoms with Crippen LogP contribution in [-0.2, 0) is 20.6 Å². The summed E-state index contributed by atoms with van der Waals surface area (Å²) in [6.07, 6.45) is 4.52. The molecule has 0 bridgehead atoms. The summed E-state index contributed by atoms with van der Waals surface area (Å²) in [7, 11) is -4.55. The van der Waals surface area contributed by atoms with Crippen molar-refractivity contribution in [2.75, 3.05) is 17.3 Å². The molecule has 0 heterocycles. The third-order valence-corrected chi connectivity index (χ3v) is 7.08. The van der Waals surface area contributed by atoms with Crippen LogP contribution in [0.3, 0.4) is 0 Å². The van der Waals surface area contributed by atoms with Crippen molar-refractivity contribution >= 4 is 32.0 Å². The molecule has 1 aromatic carbocycles. The van der Waals surface area contributed by atoms with E-state index in [2.05, 4.69) is 5.32 Å². The van der Waals surface area contributed by atoms with Crippen LogP contribution in [0.5, 0.6) is 0 Å². The first kappa shape index (κ1) is 18.9. The maximum absolute atomic E-state index is 12.0. The Labute approximate surface area is 144 Å². The molecule has 3 atom stereocenters. The van der Waals surface area contributed by atoms with E-state index < -0.39 is 31.2 Å². The van der Waals surface area contributed by atoms with Crippen molar-refractivity contribution < 1.29 is 17.6 Å². The highest BCUT2D eigenvalue weighted by Crippen LogP contribution is 2.30. The van der Waals surface area contributed by atoms with Gasteiger partial charge in [0.1, 0.15) is 4.90 Å². The predicted octanol–water partition coefficient (Wildman–Crippen LogP) is 2.49. The zero-order chi connectivity index (χ0) is 17.9. The number of nitro benzene ring substituents is 1. The van der Waals surface area contributed by atoms with Gasteiger partial charge in [-0.15, -0.1) is 0 Å². The highest BCUT2D eigenvalue weighted by molar-refractivity contribution is 7.90. The van der Waals surface area contributed by atoms with Crippen molar-refractivity contribution in [3.63, 3.8) is 0 Å². The van der Waals surface area contributed by atoms with E-state index in [0.717, 1.165) is 31.9 Å². The summed E-state index contributed by atoms with van der Waals surface area (Å²) in [6, 6.07) is 4.14. The zero-order valence-corrected chi connectivity index (χ0v) is 15.4. The number of benzene rings is 1. The van der Waals surface area contributed by atoms with Gasteiger partial charge in [0.2, 0.25) is 0 Å². The summed E-state index contributed by atoms with van der Waals surface area (Å²) in [4.78, 5) is 10.0. The Hall–Kier alpha value is -1.48. The zero-order valence-electron chi connectivity index (χ0n) is 13.7. The van der Waals surface area contributed by atoms with Gasteiger partial charge in [0.25, 0.3) is 5.69 Å². The van der Waals surface area contributed by atoms with E-state index in [9.17, 15) is 22.7 Å². The number of hydrogen-bond acceptors (Lipinski definition) is 6. The van der Waals surface area contributed by atoms with Crippen molar-refractivity contribution in [3.8, 4) is 0 Å². The number of nitro groups is 1. The van der Waals surface area contributed by atoms with Crippen LogP contribution in [0.15, 0.2) is 23.1 Å². The normalized spacial score (nSPS) is 22.8. The second-order valence-electron chi connectivity index (χ2n) is 6.01. The lowest BCUT2D eigenvalue weighted by molar-refractivity contribution is -0.387. The monoisotopic (exact) mass is 374 g/mol. The van der Waals surface area contributed by atoms with Crippen LogP contribution in [0.25, 0.3) is 0 Å². The Bertz CT molecular complexity index is 748. The lowest BCUT2D eigenvalue weighted by atomic mass is 9.95. The summed E-state index contributed by atoms with van der Waals surface area (Å²) in [5.41, 5.74) is 0.116. The molecule has 0 aliphatic heterocycles. The van der Waals surface area contributed by atoms with E-state index >= 15 is 0 Å². The third kappa shape index (κ3) is 4.54. The van der Waals surface area contributed by atoms with Crippen LogP contribution in [0.1, 0.15) is 32.6 Å². The fourth-order valence-corrected chi connectivity index (χ4v) is 5.25. The first-order chi connectivity index (χ1) is 11.2. The highest BCUT2D eigenvalue weighted by atomic mass is 32.2. The molecule has 24 heavy (non-hydrogen) atoms. The van der Waals surface area contributed by atoms with E-state index in [1.165, 1.54) is 18.2 Å². The summed E-state index contributed by atoms with van der Waals surface area (Å²) >= 11 is 0. The van der Waals surface area contributed by atoms with Gasteiger partial charge in [-0.05, 0) is 31.4 Å². The molecule has 1 N–H and O–H groups in total. The molecule has 0 amide bonds. The number of rotatable bonds is 6. The molecular weight excluding hydrogens is 352 g/mol. The number of nitrogens with zero attached hydrogens (tertiary/aromatic N) is 1. The number of anilines is 1. The fraction of sp³-hybridized carbons (Fsp3) is 0.600. The third-order valence-electron chi connectivity index (χ3n) is 4.21. The number of hydrogen-bond donors (Lipinski definition) is 1. The van der Waals surface area contributed by atoms with Crippen molar-refractivity contribution in [1.82, 2.24) is 0 Å². The second kappa shape index (κ2) is 7.60. The average molecular weight is 374 g/mol. The minimum Gasteiger partial charge on any atom is -0.382 e. The maximum Gasteiger partial charge on any atom is 0.288 e. The molecule has 1 saturated carbocycles. The van der Waals surface area contributed by atoms with Crippen molar-refractivity contribution in [2.24, 2.45) is 0 Å². The lowest BCUT2D eigenvalue weighted by Crippen LogP contribution is -2.33. The van der Waals surface area contributed by atoms with Gasteiger partial charge in [0, 0.05) is 45.9 Å². The first-order valence-electron chi connectivity index (χ1n) is 7.84. The minimum atomic E-state index is -3.70. The molecule has 0 saturated heterocycles. The Morgan fingerprint density at radius 3 is 2.67 bits per heavy atom. The van der Waals surface area contributed by atoms with Gasteiger partial charge in [-0.2, -0.15) is 0 Å². The fourth-order valence-electron chi connectivity index (χ4n) is 3.04. The van der Waals surface area contributed by atoms with E-state index in [0.29, 0.717) is 11.4 Å². The molecule has 1 aliphatic rings. The minimum absolute atomic E-state index is 0.0908. The van der Waals surface area contributed by atoms with Gasteiger partial charge in [-0.25, -0.2) is 8.42 Å². The number of sulfone groups is 1. The molecule has 1 aliphatic carbocycles. The molecule has 1 aromatic rings. The summed E-state index contributed by atoms with van der Waals surface area (Å²) in [5, 5.41) is 14.4. The lowest BCUT2D eigenvalue weighted by Gasteiger charge is -2.29. The molecule has 1 fully saturated rings. The van der Waals surface area contributed by atoms with Crippen LogP contribution >= 0.6 is 0 Å². The SMILES string of the molecule is CCS(=O)C1CCCC(Nc2ccc([N+](=O)[O-])c(S(C)(=O)=O)c2)C1. The van der Waals surface area contributed by atoms with Gasteiger partial charge in [-0.3, -0.25) is 14.3 Å². The van der Waals surface area contributed by atoms with Gasteiger partial charge in [0.05, 0.1) is 4.92 Å². The van der Waals surface area contributed by atoms with E-state index in [4.69, 9.17) is 0 Å². The van der Waals surface area contributed by atoms with E-state index in [1.54, 1.807) is 0 Å². The standard InChI is InChI=1S/C15H22N2O5S2/c1-3-23(20)13-6-4-5-11(9-13)16-12-7-8-14(17(18)19)15(10-12)24(2,21)22/h7-8,10-11,13,16H,3-6,9H2,1-2H3. The first-order valence-corrected chi connectivity index (χ1v) is 11.1. The smallest absolute Gasteiger partial charge is 0.288 e. The molecule has 0 spiro atoms. The van der Waals surface area contributed by atoms with Gasteiger partial charge < -0.3 is 5.32 Å². The van der Waals surface area contributed by atoms with Gasteiger partial charge in [-0.1, -0.05) is 13.3 Å². The van der Waals surface area contributed by atoms with Gasteiger partial charge >= 0.3 is 0 Å². The second-order valence-corrected chi connectivity index (χ2v) is 10.0. The summed E-state index contributed by atoms with van der Waals surface area (Å²) < 4.78 is 35.6. The molecule has 134 valence electrons. The topological polar surface area (TPSA) is 106 Å². The largest absolute Gasteiger partial charge is 0.382 e. The Kier molecular flexibility index (Phi) is 5.97.